The van der Waals surface area contributed by atoms with E-state index in [4.69, 9.17) is 11.6 Å². The fourth-order valence-electron chi connectivity index (χ4n) is 0.904. The molecule has 0 fully saturated rings. The zero-order valence-electron chi connectivity index (χ0n) is 6.32. The number of hydrogen-bond acceptors (Lipinski definition) is 4. The Bertz CT molecular complexity index is 409. The van der Waals surface area contributed by atoms with Gasteiger partial charge in [0.2, 0.25) is 0 Å². The molecule has 0 spiro atoms. The summed E-state index contributed by atoms with van der Waals surface area (Å²) in [7, 11) is 1.77. The molecule has 0 atom stereocenters. The van der Waals surface area contributed by atoms with Gasteiger partial charge in [-0.25, -0.2) is 0 Å². The van der Waals surface area contributed by atoms with Crippen molar-refractivity contribution in [3.05, 3.63) is 17.5 Å². The Balaban J connectivity index is 2.75. The van der Waals surface area contributed by atoms with Crippen molar-refractivity contribution in [1.82, 2.24) is 19.6 Å². The van der Waals surface area contributed by atoms with Crippen LogP contribution in [-0.2, 0) is 0 Å². The van der Waals surface area contributed by atoms with Gasteiger partial charge in [0.15, 0.2) is 0 Å². The van der Waals surface area contributed by atoms with Crippen molar-refractivity contribution in [3.63, 3.8) is 0 Å². The molecule has 0 saturated carbocycles. The summed E-state index contributed by atoms with van der Waals surface area (Å²) in [5, 5.41) is 7.24. The lowest BCUT2D eigenvalue weighted by Crippen LogP contribution is -1.98. The van der Waals surface area contributed by atoms with E-state index in [1.54, 1.807) is 13.1 Å². The first-order chi connectivity index (χ1) is 5.81. The Morgan fingerprint density at radius 2 is 2.42 bits per heavy atom. The number of halogens is 1. The molecule has 0 bridgehead atoms. The molecule has 0 radical (unpaired) electrons. The number of nitrogens with zero attached hydrogens (tertiary/aromatic N) is 4. The monoisotopic (exact) mass is 183 g/mol. The van der Waals surface area contributed by atoms with Crippen molar-refractivity contribution in [1.29, 1.82) is 0 Å². The second-order valence-corrected chi connectivity index (χ2v) is 2.57. The van der Waals surface area contributed by atoms with Crippen LogP contribution in [0.1, 0.15) is 0 Å². The first-order valence-corrected chi connectivity index (χ1v) is 3.73. The summed E-state index contributed by atoms with van der Waals surface area (Å²) >= 11 is 5.86. The molecule has 2 heterocycles. The maximum Gasteiger partial charge on any atom is 0.255 e. The van der Waals surface area contributed by atoms with Gasteiger partial charge in [-0.05, 0) is 0 Å². The molecule has 1 N–H and O–H groups in total. The molecule has 2 rings (SSSR count). The fraction of sp³-hybridized carbons (Fsp3) is 0.167. The normalized spacial score (nSPS) is 10.5. The number of hydrogen-bond donors (Lipinski definition) is 1. The molecule has 0 aliphatic rings. The van der Waals surface area contributed by atoms with Gasteiger partial charge in [-0.3, -0.25) is 0 Å². The van der Waals surface area contributed by atoms with E-state index >= 15 is 0 Å². The Morgan fingerprint density at radius 3 is 3.17 bits per heavy atom. The summed E-state index contributed by atoms with van der Waals surface area (Å²) in [4.78, 5) is 8.01. The lowest BCUT2D eigenvalue weighted by atomic mass is 10.6. The van der Waals surface area contributed by atoms with Gasteiger partial charge in [-0.1, -0.05) is 11.6 Å². The van der Waals surface area contributed by atoms with Gasteiger partial charge >= 0.3 is 0 Å². The van der Waals surface area contributed by atoms with Crippen LogP contribution < -0.4 is 5.32 Å². The maximum atomic E-state index is 5.86. The molecule has 0 aliphatic carbocycles. The van der Waals surface area contributed by atoms with E-state index in [1.165, 1.54) is 10.8 Å². The van der Waals surface area contributed by atoms with E-state index in [-0.39, 0.29) is 0 Å². The molecular weight excluding hydrogens is 178 g/mol. The molecular formula is C6H6ClN5. The first-order valence-electron chi connectivity index (χ1n) is 3.35. The largest absolute Gasteiger partial charge is 0.373 e. The summed E-state index contributed by atoms with van der Waals surface area (Å²) in [5.74, 6) is 1.17. The number of aromatic nitrogens is 4. The van der Waals surface area contributed by atoms with Crippen molar-refractivity contribution in [2.24, 2.45) is 0 Å². The quantitative estimate of drug-likeness (QED) is 0.666. The van der Waals surface area contributed by atoms with Gasteiger partial charge in [0, 0.05) is 13.1 Å². The molecule has 2 aromatic rings. The van der Waals surface area contributed by atoms with Crippen molar-refractivity contribution < 1.29 is 0 Å². The summed E-state index contributed by atoms with van der Waals surface area (Å²) in [6.07, 6.45) is 1.41. The highest BCUT2D eigenvalue weighted by Gasteiger charge is 2.03. The molecule has 0 amide bonds. The van der Waals surface area contributed by atoms with Gasteiger partial charge in [-0.2, -0.15) is 19.6 Å². The van der Waals surface area contributed by atoms with Crippen LogP contribution in [0.5, 0.6) is 0 Å². The van der Waals surface area contributed by atoms with Crippen molar-refractivity contribution in [3.8, 4) is 0 Å². The average Bonchev–Trinajstić information content (AvgIpc) is 2.52. The average molecular weight is 184 g/mol. The predicted molar refractivity (Wildman–Crippen MR) is 45.3 cm³/mol. The van der Waals surface area contributed by atoms with Crippen LogP contribution >= 0.6 is 11.6 Å². The Labute approximate surface area is 73.4 Å². The fourth-order valence-corrected chi connectivity index (χ4v) is 1.13. The minimum absolute atomic E-state index is 0.488. The lowest BCUT2D eigenvalue weighted by Gasteiger charge is -1.99. The van der Waals surface area contributed by atoms with Gasteiger partial charge in [0.25, 0.3) is 5.78 Å². The van der Waals surface area contributed by atoms with Crippen LogP contribution in [0.3, 0.4) is 0 Å². The third kappa shape index (κ3) is 0.984. The van der Waals surface area contributed by atoms with E-state index in [2.05, 4.69) is 20.4 Å². The molecule has 6 heteroatoms. The SMILES string of the molecule is CNc1cc(Cl)n2ncnc2n1. The molecule has 62 valence electrons. The third-order valence-corrected chi connectivity index (χ3v) is 1.73. The third-order valence-electron chi connectivity index (χ3n) is 1.46. The minimum Gasteiger partial charge on any atom is -0.373 e. The van der Waals surface area contributed by atoms with Crippen LogP contribution in [0, 0.1) is 0 Å². The Hall–Kier alpha value is -1.36. The standard InChI is InChI=1S/C6H6ClN5/c1-8-5-2-4(7)12-6(11-5)9-3-10-12/h2-3H,1H3,(H,8,9,10,11). The molecule has 0 aliphatic heterocycles. The van der Waals surface area contributed by atoms with E-state index in [1.807, 2.05) is 0 Å². The Morgan fingerprint density at radius 1 is 1.58 bits per heavy atom. The first kappa shape index (κ1) is 7.30. The smallest absolute Gasteiger partial charge is 0.255 e. The van der Waals surface area contributed by atoms with Gasteiger partial charge < -0.3 is 5.32 Å². The van der Waals surface area contributed by atoms with Crippen molar-refractivity contribution in [2.45, 2.75) is 0 Å². The maximum absolute atomic E-state index is 5.86. The predicted octanol–water partition coefficient (Wildman–Crippen LogP) is 0.819. The molecule has 12 heavy (non-hydrogen) atoms. The summed E-state index contributed by atoms with van der Waals surface area (Å²) in [5.41, 5.74) is 0. The van der Waals surface area contributed by atoms with Gasteiger partial charge in [0.05, 0.1) is 0 Å². The highest BCUT2D eigenvalue weighted by atomic mass is 35.5. The number of nitrogens with one attached hydrogen (secondary N) is 1. The summed E-state index contributed by atoms with van der Waals surface area (Å²) in [6, 6.07) is 1.68. The summed E-state index contributed by atoms with van der Waals surface area (Å²) < 4.78 is 1.46. The van der Waals surface area contributed by atoms with E-state index < -0.39 is 0 Å². The highest BCUT2D eigenvalue weighted by molar-refractivity contribution is 6.29. The van der Waals surface area contributed by atoms with Crippen LogP contribution in [0.2, 0.25) is 5.15 Å². The number of anilines is 1. The van der Waals surface area contributed by atoms with Crippen LogP contribution in [0.15, 0.2) is 12.4 Å². The zero-order valence-corrected chi connectivity index (χ0v) is 7.08. The molecule has 0 saturated heterocycles. The number of rotatable bonds is 1. The van der Waals surface area contributed by atoms with Crippen molar-refractivity contribution >= 4 is 23.2 Å². The highest BCUT2D eigenvalue weighted by Crippen LogP contribution is 2.13. The van der Waals surface area contributed by atoms with Gasteiger partial charge in [-0.15, -0.1) is 0 Å². The second kappa shape index (κ2) is 2.60. The molecule has 0 aromatic carbocycles. The van der Waals surface area contributed by atoms with Crippen LogP contribution in [0.4, 0.5) is 5.82 Å². The van der Waals surface area contributed by atoms with E-state index in [9.17, 15) is 0 Å². The summed E-state index contributed by atoms with van der Waals surface area (Å²) in [6.45, 7) is 0. The Kier molecular flexibility index (Phi) is 1.58. The molecule has 0 unspecified atom stereocenters. The second-order valence-electron chi connectivity index (χ2n) is 2.19. The molecule has 2 aromatic heterocycles. The van der Waals surface area contributed by atoms with Crippen molar-refractivity contribution in [2.75, 3.05) is 12.4 Å². The van der Waals surface area contributed by atoms with E-state index in [0.717, 1.165) is 0 Å². The minimum atomic E-state index is 0.488. The number of fused-ring (bicyclic) bond motifs is 1. The zero-order chi connectivity index (χ0) is 8.55. The topological polar surface area (TPSA) is 55.1 Å². The van der Waals surface area contributed by atoms with E-state index in [0.29, 0.717) is 16.7 Å². The van der Waals surface area contributed by atoms with Crippen LogP contribution in [0.25, 0.3) is 5.78 Å². The van der Waals surface area contributed by atoms with Gasteiger partial charge in [0.1, 0.15) is 17.3 Å². The van der Waals surface area contributed by atoms with Crippen LogP contribution in [-0.4, -0.2) is 26.6 Å². The lowest BCUT2D eigenvalue weighted by molar-refractivity contribution is 0.940. The molecule has 5 nitrogen and oxygen atoms in total.